The number of amides is 2. The molecule has 0 fully saturated rings. The molecule has 8 nitrogen and oxygen atoms in total. The fourth-order valence-electron chi connectivity index (χ4n) is 4.69. The van der Waals surface area contributed by atoms with Crippen LogP contribution in [0.1, 0.15) is 57.8 Å². The van der Waals surface area contributed by atoms with Crippen molar-refractivity contribution < 1.29 is 14.3 Å². The molecule has 1 aromatic heterocycles. The van der Waals surface area contributed by atoms with Crippen molar-refractivity contribution in [3.63, 3.8) is 0 Å². The standard InChI is InChI=1S/C27H40ClN5O3/c1-20(2)27-29-10-14-31(27)13-9-25(34)32-16-15-30(21(3)4)11-6-12-33(26(35)19-36-5)24-17-23(28)8-7-22(24)18-32/h7-8,10,14,17,20-21H,6,9,11-13,15-16,18-19H2,1-5H3. The normalized spacial score (nSPS) is 15.8. The number of imidazole rings is 1. The second-order valence-corrected chi connectivity index (χ2v) is 10.4. The number of hydrogen-bond donors (Lipinski definition) is 0. The third-order valence-corrected chi connectivity index (χ3v) is 6.90. The van der Waals surface area contributed by atoms with Crippen LogP contribution in [0.5, 0.6) is 0 Å². The van der Waals surface area contributed by atoms with E-state index in [1.807, 2.05) is 29.3 Å². The molecule has 0 saturated carbocycles. The second kappa shape index (κ2) is 13.2. The molecule has 0 unspecified atom stereocenters. The van der Waals surface area contributed by atoms with E-state index in [1.165, 1.54) is 7.11 Å². The van der Waals surface area contributed by atoms with E-state index in [9.17, 15) is 9.59 Å². The Bertz CT molecular complexity index is 1020. The highest BCUT2D eigenvalue weighted by molar-refractivity contribution is 6.31. The molecular weight excluding hydrogens is 478 g/mol. The predicted molar refractivity (Wildman–Crippen MR) is 143 cm³/mol. The van der Waals surface area contributed by atoms with Crippen LogP contribution in [-0.4, -0.2) is 77.1 Å². The summed E-state index contributed by atoms with van der Waals surface area (Å²) in [6.45, 7) is 12.3. The number of ether oxygens (including phenoxy) is 1. The quantitative estimate of drug-likeness (QED) is 0.551. The lowest BCUT2D eigenvalue weighted by atomic mass is 10.1. The minimum absolute atomic E-state index is 0.00835. The molecule has 3 rings (SSSR count). The average molecular weight is 518 g/mol. The first-order valence-corrected chi connectivity index (χ1v) is 13.2. The van der Waals surface area contributed by atoms with Crippen molar-refractivity contribution in [1.29, 1.82) is 0 Å². The van der Waals surface area contributed by atoms with Gasteiger partial charge in [-0.3, -0.25) is 14.5 Å². The van der Waals surface area contributed by atoms with Crippen LogP contribution in [0.2, 0.25) is 5.02 Å². The van der Waals surface area contributed by atoms with Crippen LogP contribution in [0.25, 0.3) is 0 Å². The molecule has 9 heteroatoms. The Morgan fingerprint density at radius 2 is 1.86 bits per heavy atom. The predicted octanol–water partition coefficient (Wildman–Crippen LogP) is 4.17. The van der Waals surface area contributed by atoms with Gasteiger partial charge < -0.3 is 19.1 Å². The Balaban J connectivity index is 1.90. The van der Waals surface area contributed by atoms with Crippen molar-refractivity contribution in [3.05, 3.63) is 47.0 Å². The van der Waals surface area contributed by atoms with E-state index >= 15 is 0 Å². The zero-order valence-corrected chi connectivity index (χ0v) is 23.0. The van der Waals surface area contributed by atoms with Crippen LogP contribution in [0, 0.1) is 0 Å². The number of fused-ring (bicyclic) bond motifs is 1. The van der Waals surface area contributed by atoms with Crippen LogP contribution >= 0.6 is 11.6 Å². The number of nitrogens with zero attached hydrogens (tertiary/aromatic N) is 5. The van der Waals surface area contributed by atoms with Crippen molar-refractivity contribution >= 4 is 29.1 Å². The number of benzene rings is 1. The molecule has 0 N–H and O–H groups in total. The highest BCUT2D eigenvalue weighted by Crippen LogP contribution is 2.28. The Hall–Kier alpha value is -2.42. The first-order valence-electron chi connectivity index (χ1n) is 12.8. The molecular formula is C27H40ClN5O3. The smallest absolute Gasteiger partial charge is 0.252 e. The second-order valence-electron chi connectivity index (χ2n) is 9.93. The van der Waals surface area contributed by atoms with E-state index < -0.39 is 0 Å². The summed E-state index contributed by atoms with van der Waals surface area (Å²) in [6.07, 6.45) is 4.92. The first kappa shape index (κ1) is 28.2. The van der Waals surface area contributed by atoms with E-state index in [4.69, 9.17) is 16.3 Å². The largest absolute Gasteiger partial charge is 0.375 e. The lowest BCUT2D eigenvalue weighted by Crippen LogP contribution is -2.41. The molecule has 36 heavy (non-hydrogen) atoms. The van der Waals surface area contributed by atoms with Crippen molar-refractivity contribution in [3.8, 4) is 0 Å². The number of anilines is 1. The van der Waals surface area contributed by atoms with Gasteiger partial charge in [0.25, 0.3) is 5.91 Å². The molecule has 198 valence electrons. The first-order chi connectivity index (χ1) is 17.2. The highest BCUT2D eigenvalue weighted by atomic mass is 35.5. The van der Waals surface area contributed by atoms with Gasteiger partial charge >= 0.3 is 0 Å². The fraction of sp³-hybridized carbons (Fsp3) is 0.593. The monoisotopic (exact) mass is 517 g/mol. The van der Waals surface area contributed by atoms with Gasteiger partial charge in [0.15, 0.2) is 0 Å². The van der Waals surface area contributed by atoms with Gasteiger partial charge in [-0.2, -0.15) is 0 Å². The molecule has 0 spiro atoms. The number of halogens is 1. The Morgan fingerprint density at radius 3 is 2.56 bits per heavy atom. The molecule has 0 aliphatic carbocycles. The summed E-state index contributed by atoms with van der Waals surface area (Å²) in [4.78, 5) is 37.1. The van der Waals surface area contributed by atoms with E-state index in [-0.39, 0.29) is 18.4 Å². The molecule has 2 aromatic rings. The summed E-state index contributed by atoms with van der Waals surface area (Å²) < 4.78 is 7.22. The van der Waals surface area contributed by atoms with Crippen LogP contribution in [0.4, 0.5) is 5.69 Å². The van der Waals surface area contributed by atoms with Crippen molar-refractivity contribution in [2.75, 3.05) is 44.8 Å². The summed E-state index contributed by atoms with van der Waals surface area (Å²) >= 11 is 6.37. The van der Waals surface area contributed by atoms with Crippen LogP contribution in [0.15, 0.2) is 30.6 Å². The lowest BCUT2D eigenvalue weighted by Gasteiger charge is -2.30. The number of rotatable bonds is 7. The lowest BCUT2D eigenvalue weighted by molar-refractivity contribution is -0.132. The highest BCUT2D eigenvalue weighted by Gasteiger charge is 2.25. The minimum atomic E-state index is -0.115. The van der Waals surface area contributed by atoms with Gasteiger partial charge in [-0.1, -0.05) is 31.5 Å². The summed E-state index contributed by atoms with van der Waals surface area (Å²) in [6, 6.07) is 5.91. The molecule has 2 heterocycles. The summed E-state index contributed by atoms with van der Waals surface area (Å²) in [7, 11) is 1.52. The van der Waals surface area contributed by atoms with Crippen molar-refractivity contribution in [1.82, 2.24) is 19.4 Å². The van der Waals surface area contributed by atoms with Gasteiger partial charge in [-0.15, -0.1) is 0 Å². The number of aryl methyl sites for hydroxylation is 1. The maximum atomic E-state index is 13.5. The van der Waals surface area contributed by atoms with Crippen LogP contribution in [-0.2, 0) is 27.4 Å². The van der Waals surface area contributed by atoms with Gasteiger partial charge in [0.1, 0.15) is 12.4 Å². The molecule has 0 bridgehead atoms. The Kier molecular flexibility index (Phi) is 10.3. The van der Waals surface area contributed by atoms with E-state index in [2.05, 4.69) is 42.1 Å². The number of hydrogen-bond acceptors (Lipinski definition) is 5. The van der Waals surface area contributed by atoms with Crippen molar-refractivity contribution in [2.45, 2.75) is 65.6 Å². The number of methoxy groups -OCH3 is 1. The topological polar surface area (TPSA) is 70.9 Å². The summed E-state index contributed by atoms with van der Waals surface area (Å²) in [5.74, 6) is 1.24. The molecule has 1 aliphatic rings. The summed E-state index contributed by atoms with van der Waals surface area (Å²) in [5.41, 5.74) is 1.65. The maximum absolute atomic E-state index is 13.5. The third kappa shape index (κ3) is 7.31. The third-order valence-electron chi connectivity index (χ3n) is 6.67. The molecule has 1 aliphatic heterocycles. The van der Waals surface area contributed by atoms with Gasteiger partial charge in [0.05, 0.1) is 5.69 Å². The maximum Gasteiger partial charge on any atom is 0.252 e. The van der Waals surface area contributed by atoms with Crippen molar-refractivity contribution in [2.24, 2.45) is 0 Å². The van der Waals surface area contributed by atoms with Gasteiger partial charge in [0.2, 0.25) is 5.91 Å². The fourth-order valence-corrected chi connectivity index (χ4v) is 4.86. The average Bonchev–Trinajstić information content (AvgIpc) is 3.29. The molecule has 0 saturated heterocycles. The molecule has 1 aromatic carbocycles. The van der Waals surface area contributed by atoms with Gasteiger partial charge in [-0.25, -0.2) is 4.98 Å². The van der Waals surface area contributed by atoms with Gasteiger partial charge in [0, 0.05) is 82.2 Å². The van der Waals surface area contributed by atoms with E-state index in [0.717, 1.165) is 36.6 Å². The number of aromatic nitrogens is 2. The summed E-state index contributed by atoms with van der Waals surface area (Å²) in [5, 5.41) is 0.557. The minimum Gasteiger partial charge on any atom is -0.375 e. The SMILES string of the molecule is COCC(=O)N1CCCN(C(C)C)CCN(C(=O)CCn2ccnc2C(C)C)Cc2ccc(Cl)cc21. The Labute approximate surface area is 220 Å². The van der Waals surface area contributed by atoms with Crippen LogP contribution in [0.3, 0.4) is 0 Å². The Morgan fingerprint density at radius 1 is 1.08 bits per heavy atom. The van der Waals surface area contributed by atoms with Gasteiger partial charge in [-0.05, 0) is 38.0 Å². The zero-order valence-electron chi connectivity index (χ0n) is 22.2. The molecule has 2 amide bonds. The zero-order chi connectivity index (χ0) is 26.2. The van der Waals surface area contributed by atoms with Crippen LogP contribution < -0.4 is 4.90 Å². The molecule has 0 atom stereocenters. The molecule has 0 radical (unpaired) electrons. The number of carbonyl (C=O) groups is 2. The van der Waals surface area contributed by atoms with E-state index in [0.29, 0.717) is 49.6 Å². The van der Waals surface area contributed by atoms with E-state index in [1.54, 1.807) is 11.1 Å². The number of carbonyl (C=O) groups excluding carboxylic acids is 2.